The molecule has 0 aliphatic carbocycles. The molecule has 0 N–H and O–H groups in total. The van der Waals surface area contributed by atoms with E-state index in [1.807, 2.05) is 12.1 Å². The lowest BCUT2D eigenvalue weighted by Gasteiger charge is -2.33. The topological polar surface area (TPSA) is 39.4 Å². The van der Waals surface area contributed by atoms with Gasteiger partial charge in [0.05, 0.1) is 18.2 Å². The molecule has 0 atom stereocenters. The van der Waals surface area contributed by atoms with Crippen LogP contribution < -0.4 is 0 Å². The first-order valence-electron chi connectivity index (χ1n) is 9.79. The van der Waals surface area contributed by atoms with Gasteiger partial charge >= 0.3 is 0 Å². The number of nitriles is 1. The van der Waals surface area contributed by atoms with Crippen molar-refractivity contribution in [1.29, 1.82) is 5.26 Å². The van der Waals surface area contributed by atoms with E-state index < -0.39 is 0 Å². The van der Waals surface area contributed by atoms with Crippen LogP contribution >= 0.6 is 0 Å². The smallest absolute Gasteiger partial charge is 0.0991 e. The lowest BCUT2D eigenvalue weighted by molar-refractivity contribution is 0.191. The highest BCUT2D eigenvalue weighted by molar-refractivity contribution is 5.83. The number of allylic oxidation sites excluding steroid dienone is 1. The van der Waals surface area contributed by atoms with Gasteiger partial charge in [0.2, 0.25) is 0 Å². The van der Waals surface area contributed by atoms with E-state index in [-0.39, 0.29) is 0 Å². The minimum Gasteiger partial charge on any atom is -0.299 e. The Morgan fingerprint density at radius 2 is 1.70 bits per heavy atom. The minimum absolute atomic E-state index is 0.670. The van der Waals surface area contributed by atoms with Gasteiger partial charge in [0, 0.05) is 12.8 Å². The second-order valence-corrected chi connectivity index (χ2v) is 7.54. The SMILES string of the molecule is N#Cc1ccc(CN2CCC(C3=C(Cc4ccccc4)C=NC3)CC2)cc1. The summed E-state index contributed by atoms with van der Waals surface area (Å²) in [6, 6.07) is 20.9. The van der Waals surface area contributed by atoms with Gasteiger partial charge in [-0.05, 0) is 72.7 Å². The van der Waals surface area contributed by atoms with E-state index in [2.05, 4.69) is 64.6 Å². The normalized spacial score (nSPS) is 18.0. The number of hydrogen-bond donors (Lipinski definition) is 0. The number of rotatable bonds is 5. The van der Waals surface area contributed by atoms with Crippen molar-refractivity contribution in [2.24, 2.45) is 10.9 Å². The van der Waals surface area contributed by atoms with E-state index >= 15 is 0 Å². The Balaban J connectivity index is 1.35. The van der Waals surface area contributed by atoms with Gasteiger partial charge in [0.15, 0.2) is 0 Å². The number of nitrogens with zero attached hydrogens (tertiary/aromatic N) is 3. The van der Waals surface area contributed by atoms with Crippen molar-refractivity contribution in [1.82, 2.24) is 4.90 Å². The van der Waals surface area contributed by atoms with Crippen LogP contribution in [-0.4, -0.2) is 30.7 Å². The standard InChI is InChI=1S/C24H25N3/c25-15-20-6-8-21(9-7-20)18-27-12-10-22(11-13-27)24-17-26-16-23(24)14-19-4-2-1-3-5-19/h1-9,16,22H,10-14,17-18H2. The molecule has 2 aromatic carbocycles. The molecule has 2 aliphatic rings. The van der Waals surface area contributed by atoms with E-state index in [1.165, 1.54) is 29.5 Å². The van der Waals surface area contributed by atoms with Crippen LogP contribution in [-0.2, 0) is 13.0 Å². The van der Waals surface area contributed by atoms with Crippen molar-refractivity contribution in [2.75, 3.05) is 19.6 Å². The zero-order chi connectivity index (χ0) is 18.5. The molecule has 0 radical (unpaired) electrons. The van der Waals surface area contributed by atoms with Gasteiger partial charge < -0.3 is 0 Å². The van der Waals surface area contributed by atoms with E-state index in [1.54, 1.807) is 5.57 Å². The molecule has 136 valence electrons. The molecule has 0 amide bonds. The molecular formula is C24H25N3. The van der Waals surface area contributed by atoms with Crippen molar-refractivity contribution in [2.45, 2.75) is 25.8 Å². The van der Waals surface area contributed by atoms with Gasteiger partial charge in [0.1, 0.15) is 0 Å². The van der Waals surface area contributed by atoms with Crippen molar-refractivity contribution in [3.63, 3.8) is 0 Å². The summed E-state index contributed by atoms with van der Waals surface area (Å²) in [5.41, 5.74) is 6.40. The maximum Gasteiger partial charge on any atom is 0.0991 e. The third-order valence-electron chi connectivity index (χ3n) is 5.73. The highest BCUT2D eigenvalue weighted by Crippen LogP contribution is 2.31. The molecule has 0 unspecified atom stereocenters. The first kappa shape index (κ1) is 17.7. The highest BCUT2D eigenvalue weighted by Gasteiger charge is 2.25. The molecule has 0 spiro atoms. The quantitative estimate of drug-likeness (QED) is 0.798. The van der Waals surface area contributed by atoms with Crippen molar-refractivity contribution in [3.8, 4) is 6.07 Å². The van der Waals surface area contributed by atoms with Crippen LogP contribution in [0.25, 0.3) is 0 Å². The molecule has 3 heteroatoms. The van der Waals surface area contributed by atoms with Crippen LogP contribution in [0.2, 0.25) is 0 Å². The summed E-state index contributed by atoms with van der Waals surface area (Å²) < 4.78 is 0. The molecule has 1 fully saturated rings. The van der Waals surface area contributed by atoms with Crippen LogP contribution in [0.4, 0.5) is 0 Å². The highest BCUT2D eigenvalue weighted by atomic mass is 15.1. The summed E-state index contributed by atoms with van der Waals surface area (Å²) in [6.45, 7) is 4.13. The Bertz CT molecular complexity index is 864. The summed E-state index contributed by atoms with van der Waals surface area (Å²) in [6.07, 6.45) is 5.54. The Morgan fingerprint density at radius 1 is 0.963 bits per heavy atom. The fourth-order valence-electron chi connectivity index (χ4n) is 4.19. The molecule has 0 saturated carbocycles. The number of benzene rings is 2. The van der Waals surface area contributed by atoms with Gasteiger partial charge in [0.25, 0.3) is 0 Å². The fourth-order valence-corrected chi connectivity index (χ4v) is 4.19. The predicted octanol–water partition coefficient (Wildman–Crippen LogP) is 4.39. The average Bonchev–Trinajstić information content (AvgIpc) is 3.18. The minimum atomic E-state index is 0.670. The molecule has 3 nitrogen and oxygen atoms in total. The molecule has 2 aliphatic heterocycles. The van der Waals surface area contributed by atoms with Crippen LogP contribution in [0.5, 0.6) is 0 Å². The Hall–Kier alpha value is -2.70. The summed E-state index contributed by atoms with van der Waals surface area (Å²) in [5.74, 6) is 0.670. The van der Waals surface area contributed by atoms with Gasteiger partial charge in [-0.2, -0.15) is 5.26 Å². The van der Waals surface area contributed by atoms with Crippen molar-refractivity contribution in [3.05, 3.63) is 82.4 Å². The Kier molecular flexibility index (Phi) is 5.46. The molecule has 4 rings (SSSR count). The summed E-state index contributed by atoms with van der Waals surface area (Å²) in [4.78, 5) is 7.11. The van der Waals surface area contributed by atoms with E-state index in [0.29, 0.717) is 5.92 Å². The number of piperidine rings is 1. The van der Waals surface area contributed by atoms with E-state index in [0.717, 1.165) is 38.2 Å². The van der Waals surface area contributed by atoms with Gasteiger partial charge in [-0.25, -0.2) is 0 Å². The summed E-state index contributed by atoms with van der Waals surface area (Å²) >= 11 is 0. The fraction of sp³-hybridized carbons (Fsp3) is 0.333. The summed E-state index contributed by atoms with van der Waals surface area (Å²) in [5, 5.41) is 8.92. The largest absolute Gasteiger partial charge is 0.299 e. The zero-order valence-corrected chi connectivity index (χ0v) is 15.6. The second kappa shape index (κ2) is 8.33. The number of hydrogen-bond acceptors (Lipinski definition) is 3. The third kappa shape index (κ3) is 4.35. The predicted molar refractivity (Wildman–Crippen MR) is 110 cm³/mol. The summed E-state index contributed by atoms with van der Waals surface area (Å²) in [7, 11) is 0. The van der Waals surface area contributed by atoms with Crippen LogP contribution in [0.3, 0.4) is 0 Å². The molecular weight excluding hydrogens is 330 g/mol. The van der Waals surface area contributed by atoms with Gasteiger partial charge in [-0.1, -0.05) is 42.5 Å². The lowest BCUT2D eigenvalue weighted by atomic mass is 9.85. The van der Waals surface area contributed by atoms with E-state index in [4.69, 9.17) is 5.26 Å². The molecule has 2 aromatic rings. The monoisotopic (exact) mass is 355 g/mol. The van der Waals surface area contributed by atoms with E-state index in [9.17, 15) is 0 Å². The Labute approximate surface area is 161 Å². The van der Waals surface area contributed by atoms with Gasteiger partial charge in [-0.3, -0.25) is 9.89 Å². The number of likely N-dealkylation sites (tertiary alicyclic amines) is 1. The van der Waals surface area contributed by atoms with Crippen LogP contribution in [0.1, 0.15) is 29.5 Å². The van der Waals surface area contributed by atoms with Gasteiger partial charge in [-0.15, -0.1) is 0 Å². The molecule has 2 heterocycles. The first-order chi connectivity index (χ1) is 13.3. The maximum absolute atomic E-state index is 8.92. The zero-order valence-electron chi connectivity index (χ0n) is 15.6. The molecule has 27 heavy (non-hydrogen) atoms. The molecule has 0 bridgehead atoms. The number of aliphatic imine (C=N–C) groups is 1. The van der Waals surface area contributed by atoms with Crippen molar-refractivity contribution < 1.29 is 0 Å². The van der Waals surface area contributed by atoms with Crippen molar-refractivity contribution >= 4 is 6.21 Å². The van der Waals surface area contributed by atoms with Crippen LogP contribution in [0.15, 0.2) is 70.7 Å². The Morgan fingerprint density at radius 3 is 2.41 bits per heavy atom. The third-order valence-corrected chi connectivity index (χ3v) is 5.73. The maximum atomic E-state index is 8.92. The average molecular weight is 355 g/mol. The molecule has 0 aromatic heterocycles. The second-order valence-electron chi connectivity index (χ2n) is 7.54. The van der Waals surface area contributed by atoms with Crippen LogP contribution in [0, 0.1) is 17.2 Å². The lowest BCUT2D eigenvalue weighted by Crippen LogP contribution is -2.34. The first-order valence-corrected chi connectivity index (χ1v) is 9.79. The molecule has 1 saturated heterocycles.